The number of hydrogen-bond acceptors (Lipinski definition) is 5. The Hall–Kier alpha value is -2.44. The van der Waals surface area contributed by atoms with Gasteiger partial charge in [0.1, 0.15) is 12.4 Å². The van der Waals surface area contributed by atoms with E-state index < -0.39 is 0 Å². The van der Waals surface area contributed by atoms with Crippen LogP contribution in [0.4, 0.5) is 5.82 Å². The summed E-state index contributed by atoms with van der Waals surface area (Å²) < 4.78 is 10.9. The molecule has 0 spiro atoms. The average molecular weight is 364 g/mol. The number of methoxy groups -OCH3 is 1. The summed E-state index contributed by atoms with van der Waals surface area (Å²) >= 11 is 0. The van der Waals surface area contributed by atoms with Gasteiger partial charge < -0.3 is 19.4 Å². The van der Waals surface area contributed by atoms with E-state index in [9.17, 15) is 0 Å². The molecular weight excluding hydrogens is 340 g/mol. The third-order valence-corrected chi connectivity index (χ3v) is 5.61. The molecule has 0 bridgehead atoms. The maximum absolute atomic E-state index is 5.57. The van der Waals surface area contributed by atoms with E-state index in [1.54, 1.807) is 7.11 Å². The Bertz CT molecular complexity index is 962. The first-order valence-electron chi connectivity index (χ1n) is 9.60. The lowest BCUT2D eigenvalue weighted by Crippen LogP contribution is -2.31. The molecule has 0 amide bonds. The number of benzene rings is 1. The number of nitrogens with one attached hydrogen (secondary N) is 1. The van der Waals surface area contributed by atoms with Gasteiger partial charge in [-0.3, -0.25) is 0 Å². The normalized spacial score (nSPS) is 19.6. The summed E-state index contributed by atoms with van der Waals surface area (Å²) in [4.78, 5) is 15.4. The van der Waals surface area contributed by atoms with Crippen molar-refractivity contribution >= 4 is 16.7 Å². The first-order chi connectivity index (χ1) is 13.3. The first kappa shape index (κ1) is 16.7. The molecule has 1 fully saturated rings. The van der Waals surface area contributed by atoms with Crippen LogP contribution in [-0.2, 0) is 29.0 Å². The van der Waals surface area contributed by atoms with E-state index >= 15 is 0 Å². The standard InChI is InChI=1S/C21H24N4O2/c1-26-13-20-23-18(14-7-9-27-12-14)10-21(24-20)25-8-6-16-15-4-2-3-5-17(15)22-19(16)11-25/h2-5,10,14,22H,6-9,11-13H2,1H3/t14-/m0/s1. The van der Waals surface area contributed by atoms with Crippen LogP contribution >= 0.6 is 0 Å². The van der Waals surface area contributed by atoms with Crippen molar-refractivity contribution in [2.45, 2.75) is 31.9 Å². The zero-order chi connectivity index (χ0) is 18.2. The highest BCUT2D eigenvalue weighted by Gasteiger charge is 2.25. The number of aromatic nitrogens is 3. The lowest BCUT2D eigenvalue weighted by atomic mass is 10.0. The summed E-state index contributed by atoms with van der Waals surface area (Å²) in [6.45, 7) is 3.79. The molecule has 0 unspecified atom stereocenters. The molecule has 0 aliphatic carbocycles. The highest BCUT2D eigenvalue weighted by Crippen LogP contribution is 2.31. The van der Waals surface area contributed by atoms with Gasteiger partial charge in [-0.2, -0.15) is 0 Å². The van der Waals surface area contributed by atoms with E-state index in [2.05, 4.69) is 40.2 Å². The molecule has 2 aromatic heterocycles. The molecule has 27 heavy (non-hydrogen) atoms. The van der Waals surface area contributed by atoms with Crippen molar-refractivity contribution in [3.63, 3.8) is 0 Å². The molecule has 6 heteroatoms. The summed E-state index contributed by atoms with van der Waals surface area (Å²) in [5, 5.41) is 1.35. The number of ether oxygens (including phenoxy) is 2. The number of H-pyrrole nitrogens is 1. The van der Waals surface area contributed by atoms with Gasteiger partial charge in [-0.05, 0) is 24.5 Å². The summed E-state index contributed by atoms with van der Waals surface area (Å²) in [6, 6.07) is 10.7. The van der Waals surface area contributed by atoms with Gasteiger partial charge in [-0.15, -0.1) is 0 Å². The monoisotopic (exact) mass is 364 g/mol. The summed E-state index contributed by atoms with van der Waals surface area (Å²) in [7, 11) is 1.69. The molecule has 6 nitrogen and oxygen atoms in total. The third kappa shape index (κ3) is 3.09. The van der Waals surface area contributed by atoms with E-state index in [-0.39, 0.29) is 0 Å². The van der Waals surface area contributed by atoms with Crippen LogP contribution in [0.3, 0.4) is 0 Å². The molecule has 1 atom stereocenters. The maximum Gasteiger partial charge on any atom is 0.156 e. The quantitative estimate of drug-likeness (QED) is 0.770. The molecule has 0 radical (unpaired) electrons. The number of hydrogen-bond donors (Lipinski definition) is 1. The van der Waals surface area contributed by atoms with Crippen molar-refractivity contribution in [1.82, 2.24) is 15.0 Å². The molecule has 0 saturated carbocycles. The Morgan fingerprint density at radius 3 is 3.07 bits per heavy atom. The molecule has 1 aromatic carbocycles. The van der Waals surface area contributed by atoms with Crippen LogP contribution < -0.4 is 4.90 Å². The zero-order valence-electron chi connectivity index (χ0n) is 15.6. The molecule has 140 valence electrons. The zero-order valence-corrected chi connectivity index (χ0v) is 15.6. The van der Waals surface area contributed by atoms with Gasteiger partial charge >= 0.3 is 0 Å². The van der Waals surface area contributed by atoms with Crippen LogP contribution in [0.2, 0.25) is 0 Å². The minimum atomic E-state index is 0.357. The van der Waals surface area contributed by atoms with Crippen molar-refractivity contribution in [2.75, 3.05) is 31.8 Å². The fraction of sp³-hybridized carbons (Fsp3) is 0.429. The second-order valence-electron chi connectivity index (χ2n) is 7.36. The average Bonchev–Trinajstić information content (AvgIpc) is 3.35. The topological polar surface area (TPSA) is 63.3 Å². The van der Waals surface area contributed by atoms with E-state index in [0.29, 0.717) is 12.5 Å². The van der Waals surface area contributed by atoms with Gasteiger partial charge in [0.15, 0.2) is 5.82 Å². The Labute approximate surface area is 158 Å². The lowest BCUT2D eigenvalue weighted by molar-refractivity contribution is 0.177. The molecule has 4 heterocycles. The van der Waals surface area contributed by atoms with Gasteiger partial charge in [0.25, 0.3) is 0 Å². The van der Waals surface area contributed by atoms with Gasteiger partial charge in [0.05, 0.1) is 18.8 Å². The molecule has 2 aliphatic rings. The molecule has 5 rings (SSSR count). The molecule has 2 aliphatic heterocycles. The fourth-order valence-corrected chi connectivity index (χ4v) is 4.22. The first-order valence-corrected chi connectivity index (χ1v) is 9.60. The van der Waals surface area contributed by atoms with Gasteiger partial charge in [0, 0.05) is 48.8 Å². The Morgan fingerprint density at radius 2 is 2.22 bits per heavy atom. The largest absolute Gasteiger partial charge is 0.381 e. The predicted octanol–water partition coefficient (Wildman–Crippen LogP) is 3.17. The van der Waals surface area contributed by atoms with Crippen LogP contribution in [0.1, 0.15) is 35.1 Å². The Kier molecular flexibility index (Phi) is 4.30. The third-order valence-electron chi connectivity index (χ3n) is 5.61. The lowest BCUT2D eigenvalue weighted by Gasteiger charge is -2.29. The highest BCUT2D eigenvalue weighted by atomic mass is 16.5. The van der Waals surface area contributed by atoms with Crippen LogP contribution in [0.25, 0.3) is 10.9 Å². The number of para-hydroxylation sites is 1. The maximum atomic E-state index is 5.57. The van der Waals surface area contributed by atoms with Crippen LogP contribution in [0.5, 0.6) is 0 Å². The second-order valence-corrected chi connectivity index (χ2v) is 7.36. The number of rotatable bonds is 4. The summed E-state index contributed by atoms with van der Waals surface area (Å²) in [5.74, 6) is 2.10. The van der Waals surface area contributed by atoms with Crippen LogP contribution in [0.15, 0.2) is 30.3 Å². The van der Waals surface area contributed by atoms with E-state index in [4.69, 9.17) is 19.4 Å². The van der Waals surface area contributed by atoms with Gasteiger partial charge in [0.2, 0.25) is 0 Å². The summed E-state index contributed by atoms with van der Waals surface area (Å²) in [5.41, 5.74) is 5.03. The Morgan fingerprint density at radius 1 is 1.30 bits per heavy atom. The molecular formula is C21H24N4O2. The number of aromatic amines is 1. The van der Waals surface area contributed by atoms with E-state index in [1.165, 1.54) is 22.2 Å². The fourth-order valence-electron chi connectivity index (χ4n) is 4.22. The highest BCUT2D eigenvalue weighted by molar-refractivity contribution is 5.85. The predicted molar refractivity (Wildman–Crippen MR) is 104 cm³/mol. The van der Waals surface area contributed by atoms with Crippen LogP contribution in [0, 0.1) is 0 Å². The van der Waals surface area contributed by atoms with Crippen molar-refractivity contribution < 1.29 is 9.47 Å². The van der Waals surface area contributed by atoms with Crippen molar-refractivity contribution in [1.29, 1.82) is 0 Å². The molecule has 1 N–H and O–H groups in total. The van der Waals surface area contributed by atoms with E-state index in [1.807, 2.05) is 0 Å². The van der Waals surface area contributed by atoms with Crippen molar-refractivity contribution in [3.8, 4) is 0 Å². The van der Waals surface area contributed by atoms with Crippen molar-refractivity contribution in [2.24, 2.45) is 0 Å². The Balaban J connectivity index is 1.48. The number of fused-ring (bicyclic) bond motifs is 3. The van der Waals surface area contributed by atoms with Crippen LogP contribution in [-0.4, -0.2) is 41.8 Å². The number of anilines is 1. The minimum absolute atomic E-state index is 0.357. The minimum Gasteiger partial charge on any atom is -0.381 e. The summed E-state index contributed by atoms with van der Waals surface area (Å²) in [6.07, 6.45) is 2.04. The van der Waals surface area contributed by atoms with Gasteiger partial charge in [-0.25, -0.2) is 9.97 Å². The molecule has 3 aromatic rings. The SMILES string of the molecule is COCc1nc([C@H]2CCOC2)cc(N2CCc3c([nH]c4ccccc34)C2)n1. The van der Waals surface area contributed by atoms with E-state index in [0.717, 1.165) is 56.5 Å². The molecule has 1 saturated heterocycles. The second kappa shape index (κ2) is 6.94. The smallest absolute Gasteiger partial charge is 0.156 e. The van der Waals surface area contributed by atoms with Gasteiger partial charge in [-0.1, -0.05) is 18.2 Å². The van der Waals surface area contributed by atoms with Crippen molar-refractivity contribution in [3.05, 3.63) is 53.1 Å². The number of nitrogens with zero attached hydrogens (tertiary/aromatic N) is 3.